The van der Waals surface area contributed by atoms with E-state index in [9.17, 15) is 4.79 Å². The number of para-hydroxylation sites is 1. The summed E-state index contributed by atoms with van der Waals surface area (Å²) >= 11 is 3.40. The van der Waals surface area contributed by atoms with Crippen molar-refractivity contribution in [2.75, 3.05) is 11.9 Å². The highest BCUT2D eigenvalue weighted by atomic mass is 79.9. The maximum Gasteiger partial charge on any atom is 0.262 e. The van der Waals surface area contributed by atoms with Crippen LogP contribution in [0.4, 0.5) is 5.69 Å². The number of halogens is 1. The first-order valence-electron chi connectivity index (χ1n) is 7.25. The van der Waals surface area contributed by atoms with Crippen LogP contribution in [0.25, 0.3) is 0 Å². The van der Waals surface area contributed by atoms with Crippen LogP contribution in [0.2, 0.25) is 0 Å². The first-order chi connectivity index (χ1) is 10.5. The van der Waals surface area contributed by atoms with Crippen molar-refractivity contribution in [3.05, 3.63) is 58.1 Å². The summed E-state index contributed by atoms with van der Waals surface area (Å²) in [4.78, 5) is 11.9. The molecular formula is C18H20BrNO2. The standard InChI is InChI=1S/C18H20BrNO2/c1-12(2)15-9-8-14(10-13(15)3)22-11-18(21)20-17-7-5-4-6-16(17)19/h4-10,12H,11H2,1-3H3,(H,20,21). The van der Waals surface area contributed by atoms with E-state index in [-0.39, 0.29) is 12.5 Å². The zero-order valence-corrected chi connectivity index (χ0v) is 14.6. The molecule has 4 heteroatoms. The van der Waals surface area contributed by atoms with Gasteiger partial charge in [-0.15, -0.1) is 0 Å². The molecule has 2 aromatic carbocycles. The SMILES string of the molecule is Cc1cc(OCC(=O)Nc2ccccc2Br)ccc1C(C)C. The summed E-state index contributed by atoms with van der Waals surface area (Å²) in [5, 5.41) is 2.81. The van der Waals surface area contributed by atoms with E-state index in [2.05, 4.69) is 48.1 Å². The number of aryl methyl sites for hydroxylation is 1. The quantitative estimate of drug-likeness (QED) is 0.822. The van der Waals surface area contributed by atoms with Crippen LogP contribution in [-0.4, -0.2) is 12.5 Å². The largest absolute Gasteiger partial charge is 0.484 e. The lowest BCUT2D eigenvalue weighted by molar-refractivity contribution is -0.118. The Morgan fingerprint density at radius 2 is 1.95 bits per heavy atom. The number of rotatable bonds is 5. The minimum atomic E-state index is -0.183. The molecule has 1 amide bonds. The molecule has 0 aliphatic heterocycles. The minimum absolute atomic E-state index is 0.0121. The Hall–Kier alpha value is -1.81. The molecule has 22 heavy (non-hydrogen) atoms. The van der Waals surface area contributed by atoms with Gasteiger partial charge in [0.05, 0.1) is 5.69 Å². The lowest BCUT2D eigenvalue weighted by Gasteiger charge is -2.12. The number of hydrogen-bond donors (Lipinski definition) is 1. The topological polar surface area (TPSA) is 38.3 Å². The van der Waals surface area contributed by atoms with Crippen molar-refractivity contribution in [2.45, 2.75) is 26.7 Å². The average Bonchev–Trinajstić information content (AvgIpc) is 2.47. The van der Waals surface area contributed by atoms with Crippen LogP contribution in [0.3, 0.4) is 0 Å². The third kappa shape index (κ3) is 4.34. The summed E-state index contributed by atoms with van der Waals surface area (Å²) in [6, 6.07) is 13.4. The monoisotopic (exact) mass is 361 g/mol. The Labute approximate surface area is 139 Å². The predicted molar refractivity (Wildman–Crippen MR) is 93.5 cm³/mol. The molecule has 0 saturated heterocycles. The number of benzene rings is 2. The van der Waals surface area contributed by atoms with E-state index in [1.807, 2.05) is 36.4 Å². The molecule has 0 bridgehead atoms. The van der Waals surface area contributed by atoms with Crippen molar-refractivity contribution in [3.8, 4) is 5.75 Å². The van der Waals surface area contributed by atoms with E-state index in [0.29, 0.717) is 11.7 Å². The molecule has 0 aliphatic rings. The molecule has 0 unspecified atom stereocenters. The Balaban J connectivity index is 1.94. The molecule has 0 atom stereocenters. The Morgan fingerprint density at radius 1 is 1.23 bits per heavy atom. The van der Waals surface area contributed by atoms with Gasteiger partial charge in [0.1, 0.15) is 5.75 Å². The van der Waals surface area contributed by atoms with Crippen LogP contribution in [-0.2, 0) is 4.79 Å². The van der Waals surface area contributed by atoms with Gasteiger partial charge in [-0.3, -0.25) is 4.79 Å². The van der Waals surface area contributed by atoms with E-state index in [1.54, 1.807) is 0 Å². The van der Waals surface area contributed by atoms with Crippen molar-refractivity contribution in [1.82, 2.24) is 0 Å². The molecule has 0 aliphatic carbocycles. The summed E-state index contributed by atoms with van der Waals surface area (Å²) in [5.41, 5.74) is 3.21. The van der Waals surface area contributed by atoms with E-state index < -0.39 is 0 Å². The molecule has 0 saturated carbocycles. The smallest absolute Gasteiger partial charge is 0.262 e. The molecule has 0 heterocycles. The number of nitrogens with one attached hydrogen (secondary N) is 1. The van der Waals surface area contributed by atoms with Crippen LogP contribution in [0.15, 0.2) is 46.9 Å². The summed E-state index contributed by atoms with van der Waals surface area (Å²) in [7, 11) is 0. The Kier molecular flexibility index (Phi) is 5.61. The summed E-state index contributed by atoms with van der Waals surface area (Å²) < 4.78 is 6.42. The number of carbonyl (C=O) groups excluding carboxylic acids is 1. The Bertz CT molecular complexity index is 668. The zero-order chi connectivity index (χ0) is 16.1. The normalized spacial score (nSPS) is 10.6. The maximum absolute atomic E-state index is 11.9. The van der Waals surface area contributed by atoms with Gasteiger partial charge in [0.25, 0.3) is 5.91 Å². The van der Waals surface area contributed by atoms with E-state index >= 15 is 0 Å². The van der Waals surface area contributed by atoms with Crippen LogP contribution < -0.4 is 10.1 Å². The second-order valence-electron chi connectivity index (χ2n) is 5.49. The van der Waals surface area contributed by atoms with Gasteiger partial charge < -0.3 is 10.1 Å². The van der Waals surface area contributed by atoms with Gasteiger partial charge in [-0.1, -0.05) is 32.0 Å². The third-order valence-corrected chi connectivity index (χ3v) is 4.07. The van der Waals surface area contributed by atoms with Crippen LogP contribution in [0, 0.1) is 6.92 Å². The summed E-state index contributed by atoms with van der Waals surface area (Å²) in [6.07, 6.45) is 0. The third-order valence-electron chi connectivity index (χ3n) is 3.38. The van der Waals surface area contributed by atoms with Gasteiger partial charge >= 0.3 is 0 Å². The van der Waals surface area contributed by atoms with Gasteiger partial charge in [0, 0.05) is 4.47 Å². The number of carbonyl (C=O) groups is 1. The first-order valence-corrected chi connectivity index (χ1v) is 8.04. The van der Waals surface area contributed by atoms with E-state index in [0.717, 1.165) is 10.2 Å². The molecule has 2 aromatic rings. The van der Waals surface area contributed by atoms with Crippen molar-refractivity contribution < 1.29 is 9.53 Å². The molecule has 1 N–H and O–H groups in total. The van der Waals surface area contributed by atoms with Crippen molar-refractivity contribution in [2.24, 2.45) is 0 Å². The average molecular weight is 362 g/mol. The number of anilines is 1. The minimum Gasteiger partial charge on any atom is -0.484 e. The highest BCUT2D eigenvalue weighted by Gasteiger charge is 2.08. The first kappa shape index (κ1) is 16.6. The van der Waals surface area contributed by atoms with E-state index in [1.165, 1.54) is 11.1 Å². The Morgan fingerprint density at radius 3 is 2.59 bits per heavy atom. The fraction of sp³-hybridized carbons (Fsp3) is 0.278. The number of amides is 1. The lowest BCUT2D eigenvalue weighted by atomic mass is 9.98. The van der Waals surface area contributed by atoms with Crippen molar-refractivity contribution in [1.29, 1.82) is 0 Å². The van der Waals surface area contributed by atoms with Gasteiger partial charge in [-0.25, -0.2) is 0 Å². The maximum atomic E-state index is 11.9. The molecule has 0 fully saturated rings. The number of hydrogen-bond acceptors (Lipinski definition) is 2. The van der Waals surface area contributed by atoms with Crippen LogP contribution >= 0.6 is 15.9 Å². The molecule has 0 aromatic heterocycles. The fourth-order valence-electron chi connectivity index (χ4n) is 2.28. The molecule has 0 radical (unpaired) electrons. The van der Waals surface area contributed by atoms with Crippen molar-refractivity contribution >= 4 is 27.5 Å². The fourth-order valence-corrected chi connectivity index (χ4v) is 2.67. The second-order valence-corrected chi connectivity index (χ2v) is 6.34. The summed E-state index contributed by atoms with van der Waals surface area (Å²) in [5.74, 6) is 1.01. The molecular weight excluding hydrogens is 342 g/mol. The van der Waals surface area contributed by atoms with E-state index in [4.69, 9.17) is 4.74 Å². The zero-order valence-electron chi connectivity index (χ0n) is 13.0. The number of ether oxygens (including phenoxy) is 1. The predicted octanol–water partition coefficient (Wildman–Crippen LogP) is 4.90. The van der Waals surface area contributed by atoms with Crippen LogP contribution in [0.5, 0.6) is 5.75 Å². The highest BCUT2D eigenvalue weighted by molar-refractivity contribution is 9.10. The molecule has 2 rings (SSSR count). The summed E-state index contributed by atoms with van der Waals surface area (Å²) in [6.45, 7) is 6.37. The second kappa shape index (κ2) is 7.45. The van der Waals surface area contributed by atoms with Gasteiger partial charge in [0.15, 0.2) is 6.61 Å². The van der Waals surface area contributed by atoms with Gasteiger partial charge in [-0.2, -0.15) is 0 Å². The molecule has 0 spiro atoms. The van der Waals surface area contributed by atoms with Gasteiger partial charge in [0.2, 0.25) is 0 Å². The highest BCUT2D eigenvalue weighted by Crippen LogP contribution is 2.24. The van der Waals surface area contributed by atoms with Crippen LogP contribution in [0.1, 0.15) is 30.9 Å². The molecule has 3 nitrogen and oxygen atoms in total. The van der Waals surface area contributed by atoms with Crippen molar-refractivity contribution in [3.63, 3.8) is 0 Å². The van der Waals surface area contributed by atoms with Gasteiger partial charge in [-0.05, 0) is 64.2 Å². The molecule has 116 valence electrons. The lowest BCUT2D eigenvalue weighted by Crippen LogP contribution is -2.20.